The van der Waals surface area contributed by atoms with Crippen molar-refractivity contribution in [2.24, 2.45) is 0 Å². The number of methoxy groups -OCH3 is 1. The Hall–Kier alpha value is -2.54. The lowest BCUT2D eigenvalue weighted by molar-refractivity contribution is -0.115. The molecule has 2 aromatic carbocycles. The van der Waals surface area contributed by atoms with E-state index in [1.807, 2.05) is 40.2 Å². The molecule has 1 N–H and O–H groups in total. The molecule has 0 spiro atoms. The average Bonchev–Trinajstić information content (AvgIpc) is 3.27. The van der Waals surface area contributed by atoms with Gasteiger partial charge in [0.2, 0.25) is 5.91 Å². The third-order valence-electron chi connectivity index (χ3n) is 4.19. The number of benzene rings is 2. The van der Waals surface area contributed by atoms with E-state index in [1.165, 1.54) is 11.3 Å². The Kier molecular flexibility index (Phi) is 5.26. The molecule has 0 aliphatic carbocycles. The number of hydrogen-bond acceptors (Lipinski definition) is 4. The number of carbonyl (C=O) groups excluding carboxylic acids is 1. The Labute approximate surface area is 175 Å². The summed E-state index contributed by atoms with van der Waals surface area (Å²) in [6.07, 6.45) is 2.15. The van der Waals surface area contributed by atoms with Gasteiger partial charge in [0.15, 0.2) is 4.96 Å². The molecule has 4 rings (SSSR count). The minimum atomic E-state index is -0.144. The quantitative estimate of drug-likeness (QED) is 0.449. The van der Waals surface area contributed by atoms with E-state index < -0.39 is 0 Å². The molecular formula is C20H15Cl2N3O2S. The van der Waals surface area contributed by atoms with E-state index in [1.54, 1.807) is 25.3 Å². The number of nitrogens with one attached hydrogen (secondary N) is 1. The number of carbonyl (C=O) groups is 1. The van der Waals surface area contributed by atoms with Gasteiger partial charge < -0.3 is 10.1 Å². The van der Waals surface area contributed by atoms with Crippen molar-refractivity contribution < 1.29 is 9.53 Å². The lowest BCUT2D eigenvalue weighted by atomic mass is 10.1. The van der Waals surface area contributed by atoms with Crippen LogP contribution >= 0.6 is 34.5 Å². The van der Waals surface area contributed by atoms with Crippen LogP contribution in [0.2, 0.25) is 10.0 Å². The zero-order valence-electron chi connectivity index (χ0n) is 14.8. The third-order valence-corrected chi connectivity index (χ3v) is 5.82. The number of nitrogens with zero attached hydrogens (tertiary/aromatic N) is 2. The number of rotatable bonds is 5. The molecule has 142 valence electrons. The fourth-order valence-corrected chi connectivity index (χ4v) is 3.99. The summed E-state index contributed by atoms with van der Waals surface area (Å²) in [5, 5.41) is 5.62. The summed E-state index contributed by atoms with van der Waals surface area (Å²) in [4.78, 5) is 17.9. The van der Waals surface area contributed by atoms with Gasteiger partial charge in [-0.2, -0.15) is 0 Å². The highest BCUT2D eigenvalue weighted by Gasteiger charge is 2.13. The Morgan fingerprint density at radius 1 is 1.21 bits per heavy atom. The molecular weight excluding hydrogens is 417 g/mol. The van der Waals surface area contributed by atoms with Crippen LogP contribution in [0.4, 0.5) is 5.69 Å². The summed E-state index contributed by atoms with van der Waals surface area (Å²) in [6, 6.07) is 12.7. The van der Waals surface area contributed by atoms with E-state index in [2.05, 4.69) is 10.3 Å². The van der Waals surface area contributed by atoms with Gasteiger partial charge in [0.05, 0.1) is 29.3 Å². The standard InChI is InChI=1S/C20H15Cl2N3O2S/c1-27-15-4-2-3-12(7-15)18-10-25-14(11-28-20(25)24-18)9-19(26)23-13-5-6-16(21)17(22)8-13/h2-8,10-11H,9H2,1H3,(H,23,26). The van der Waals surface area contributed by atoms with Crippen molar-refractivity contribution in [1.82, 2.24) is 9.38 Å². The number of thiazole rings is 1. The molecule has 0 aliphatic rings. The molecule has 5 nitrogen and oxygen atoms in total. The first-order valence-corrected chi connectivity index (χ1v) is 10.0. The van der Waals surface area contributed by atoms with Crippen LogP contribution in [0.5, 0.6) is 5.75 Å². The maximum absolute atomic E-state index is 12.4. The molecule has 1 amide bonds. The number of ether oxygens (including phenoxy) is 1. The first kappa shape index (κ1) is 18.8. The van der Waals surface area contributed by atoms with Gasteiger partial charge in [-0.15, -0.1) is 11.3 Å². The van der Waals surface area contributed by atoms with Crippen LogP contribution < -0.4 is 10.1 Å². The molecule has 0 bridgehead atoms. The normalized spacial score (nSPS) is 11.0. The van der Waals surface area contributed by atoms with Crippen molar-refractivity contribution >= 4 is 51.1 Å². The van der Waals surface area contributed by atoms with Gasteiger partial charge in [-0.3, -0.25) is 9.20 Å². The Balaban J connectivity index is 1.55. The van der Waals surface area contributed by atoms with Crippen molar-refractivity contribution in [2.45, 2.75) is 6.42 Å². The zero-order chi connectivity index (χ0) is 19.7. The smallest absolute Gasteiger partial charge is 0.230 e. The lowest BCUT2D eigenvalue weighted by Gasteiger charge is -2.06. The largest absolute Gasteiger partial charge is 0.497 e. The minimum absolute atomic E-state index is 0.144. The Morgan fingerprint density at radius 2 is 2.07 bits per heavy atom. The number of halogens is 2. The molecule has 0 radical (unpaired) electrons. The van der Waals surface area contributed by atoms with Crippen LogP contribution in [-0.2, 0) is 11.2 Å². The molecule has 4 aromatic rings. The van der Waals surface area contributed by atoms with E-state index in [9.17, 15) is 4.79 Å². The van der Waals surface area contributed by atoms with Gasteiger partial charge >= 0.3 is 0 Å². The summed E-state index contributed by atoms with van der Waals surface area (Å²) < 4.78 is 7.22. The fraction of sp³-hybridized carbons (Fsp3) is 0.100. The van der Waals surface area contributed by atoms with Gasteiger partial charge in [0, 0.05) is 28.5 Å². The molecule has 0 saturated carbocycles. The van der Waals surface area contributed by atoms with Gasteiger partial charge in [-0.25, -0.2) is 4.98 Å². The first-order chi connectivity index (χ1) is 13.5. The average molecular weight is 432 g/mol. The number of amides is 1. The van der Waals surface area contributed by atoms with E-state index in [0.717, 1.165) is 27.7 Å². The van der Waals surface area contributed by atoms with Crippen molar-refractivity contribution in [2.75, 3.05) is 12.4 Å². The van der Waals surface area contributed by atoms with E-state index >= 15 is 0 Å². The van der Waals surface area contributed by atoms with Crippen LogP contribution in [0, 0.1) is 0 Å². The highest BCUT2D eigenvalue weighted by Crippen LogP contribution is 2.27. The molecule has 0 saturated heterocycles. The summed E-state index contributed by atoms with van der Waals surface area (Å²) in [5.74, 6) is 0.629. The van der Waals surface area contributed by atoms with Crippen molar-refractivity contribution in [1.29, 1.82) is 0 Å². The third kappa shape index (κ3) is 3.85. The highest BCUT2D eigenvalue weighted by atomic mass is 35.5. The van der Waals surface area contributed by atoms with Crippen molar-refractivity contribution in [3.05, 3.63) is 69.8 Å². The molecule has 0 atom stereocenters. The monoisotopic (exact) mass is 431 g/mol. The van der Waals surface area contributed by atoms with Crippen molar-refractivity contribution in [3.63, 3.8) is 0 Å². The SMILES string of the molecule is COc1cccc(-c2cn3c(CC(=O)Nc4ccc(Cl)c(Cl)c4)csc3n2)c1. The maximum Gasteiger partial charge on any atom is 0.230 e. The lowest BCUT2D eigenvalue weighted by Crippen LogP contribution is -2.15. The van der Waals surface area contributed by atoms with Crippen molar-refractivity contribution in [3.8, 4) is 17.0 Å². The molecule has 2 heterocycles. The Morgan fingerprint density at radius 3 is 2.86 bits per heavy atom. The summed E-state index contributed by atoms with van der Waals surface area (Å²) in [5.41, 5.74) is 3.26. The number of fused-ring (bicyclic) bond motifs is 1. The molecule has 0 aliphatic heterocycles. The first-order valence-electron chi connectivity index (χ1n) is 8.38. The summed E-state index contributed by atoms with van der Waals surface area (Å²) >= 11 is 13.4. The predicted molar refractivity (Wildman–Crippen MR) is 114 cm³/mol. The minimum Gasteiger partial charge on any atom is -0.497 e. The van der Waals surface area contributed by atoms with E-state index in [-0.39, 0.29) is 12.3 Å². The maximum atomic E-state index is 12.4. The highest BCUT2D eigenvalue weighted by molar-refractivity contribution is 7.15. The number of anilines is 1. The van der Waals surface area contributed by atoms with E-state index in [4.69, 9.17) is 27.9 Å². The molecule has 28 heavy (non-hydrogen) atoms. The van der Waals surface area contributed by atoms with Gasteiger partial charge in [-0.05, 0) is 30.3 Å². The number of hydrogen-bond donors (Lipinski definition) is 1. The Bertz CT molecular complexity index is 1170. The van der Waals surface area contributed by atoms with E-state index in [0.29, 0.717) is 15.7 Å². The fourth-order valence-electron chi connectivity index (χ4n) is 2.82. The van der Waals surface area contributed by atoms with Gasteiger partial charge in [0.1, 0.15) is 5.75 Å². The topological polar surface area (TPSA) is 55.6 Å². The second kappa shape index (κ2) is 7.83. The van der Waals surface area contributed by atoms with Gasteiger partial charge in [0.25, 0.3) is 0 Å². The van der Waals surface area contributed by atoms with Crippen LogP contribution in [0.15, 0.2) is 54.0 Å². The molecule has 8 heteroatoms. The van der Waals surface area contributed by atoms with Crippen LogP contribution in [0.3, 0.4) is 0 Å². The second-order valence-electron chi connectivity index (χ2n) is 6.09. The van der Waals surface area contributed by atoms with Crippen LogP contribution in [-0.4, -0.2) is 22.4 Å². The van der Waals surface area contributed by atoms with Crippen LogP contribution in [0.1, 0.15) is 5.69 Å². The van der Waals surface area contributed by atoms with Crippen LogP contribution in [0.25, 0.3) is 16.2 Å². The molecule has 0 unspecified atom stereocenters. The summed E-state index contributed by atoms with van der Waals surface area (Å²) in [7, 11) is 1.63. The second-order valence-corrected chi connectivity index (χ2v) is 7.74. The zero-order valence-corrected chi connectivity index (χ0v) is 17.1. The van der Waals surface area contributed by atoms with Gasteiger partial charge in [-0.1, -0.05) is 35.3 Å². The predicted octanol–water partition coefficient (Wildman–Crippen LogP) is 5.56. The number of imidazole rings is 1. The molecule has 0 fully saturated rings. The molecule has 2 aromatic heterocycles. The summed E-state index contributed by atoms with van der Waals surface area (Å²) in [6.45, 7) is 0. The number of aromatic nitrogens is 2.